The van der Waals surface area contributed by atoms with Gasteiger partial charge in [0, 0.05) is 13.5 Å². The maximum Gasteiger partial charge on any atom is 0.253 e. The molecule has 0 rings (SSSR count). The van der Waals surface area contributed by atoms with Gasteiger partial charge < -0.3 is 10.5 Å². The Morgan fingerprint density at radius 3 is 2.90 bits per heavy atom. The van der Waals surface area contributed by atoms with Crippen molar-refractivity contribution in [1.29, 1.82) is 0 Å². The van der Waals surface area contributed by atoms with E-state index in [4.69, 9.17) is 5.73 Å². The SMILES string of the molecule is COCC/C(N)=C/[N+](=O)[O-]. The van der Waals surface area contributed by atoms with E-state index in [0.29, 0.717) is 13.0 Å². The first-order valence-electron chi connectivity index (χ1n) is 2.75. The molecule has 0 aliphatic heterocycles. The average Bonchev–Trinajstić information content (AvgIpc) is 1.82. The van der Waals surface area contributed by atoms with Gasteiger partial charge in [-0.3, -0.25) is 10.1 Å². The predicted octanol–water partition coefficient (Wildman–Crippen LogP) is 0.0997. The van der Waals surface area contributed by atoms with E-state index in [2.05, 4.69) is 4.74 Å². The summed E-state index contributed by atoms with van der Waals surface area (Å²) < 4.78 is 4.65. The van der Waals surface area contributed by atoms with Crippen LogP contribution in [-0.4, -0.2) is 18.6 Å². The molecule has 0 spiro atoms. The van der Waals surface area contributed by atoms with Crippen LogP contribution in [0.5, 0.6) is 0 Å². The van der Waals surface area contributed by atoms with Gasteiger partial charge in [-0.2, -0.15) is 0 Å². The third-order valence-electron chi connectivity index (χ3n) is 0.866. The number of nitrogens with two attached hydrogens (primary N) is 1. The summed E-state index contributed by atoms with van der Waals surface area (Å²) in [6.45, 7) is 0.413. The quantitative estimate of drug-likeness (QED) is 0.450. The summed E-state index contributed by atoms with van der Waals surface area (Å²) in [7, 11) is 1.51. The topological polar surface area (TPSA) is 78.4 Å². The summed E-state index contributed by atoms with van der Waals surface area (Å²) in [5.41, 5.74) is 5.43. The molecule has 0 aromatic carbocycles. The number of nitro groups is 1. The predicted molar refractivity (Wildman–Crippen MR) is 35.8 cm³/mol. The molecule has 0 amide bonds. The van der Waals surface area contributed by atoms with Crippen molar-refractivity contribution in [2.75, 3.05) is 13.7 Å². The fraction of sp³-hybridized carbons (Fsp3) is 0.600. The second kappa shape index (κ2) is 4.75. The molecule has 0 aromatic rings. The van der Waals surface area contributed by atoms with E-state index >= 15 is 0 Å². The number of methoxy groups -OCH3 is 1. The van der Waals surface area contributed by atoms with E-state index in [1.807, 2.05) is 0 Å². The molecule has 0 saturated carbocycles. The van der Waals surface area contributed by atoms with Gasteiger partial charge in [0.2, 0.25) is 0 Å². The lowest BCUT2D eigenvalue weighted by molar-refractivity contribution is -0.403. The second-order valence-electron chi connectivity index (χ2n) is 1.73. The highest BCUT2D eigenvalue weighted by molar-refractivity contribution is 4.89. The number of rotatable bonds is 4. The van der Waals surface area contributed by atoms with Gasteiger partial charge in [-0.05, 0) is 0 Å². The summed E-state index contributed by atoms with van der Waals surface area (Å²) >= 11 is 0. The Hall–Kier alpha value is -1.10. The van der Waals surface area contributed by atoms with E-state index in [0.717, 1.165) is 6.20 Å². The molecule has 0 aromatic heterocycles. The first-order chi connectivity index (χ1) is 4.66. The van der Waals surface area contributed by atoms with E-state index in [1.54, 1.807) is 0 Å². The summed E-state index contributed by atoms with van der Waals surface area (Å²) in [5, 5.41) is 9.78. The van der Waals surface area contributed by atoms with Crippen molar-refractivity contribution in [1.82, 2.24) is 0 Å². The third kappa shape index (κ3) is 5.04. The Balaban J connectivity index is 3.60. The lowest BCUT2D eigenvalue weighted by atomic mass is 10.4. The van der Waals surface area contributed by atoms with Crippen LogP contribution in [0.25, 0.3) is 0 Å². The smallest absolute Gasteiger partial charge is 0.253 e. The number of nitrogens with zero attached hydrogens (tertiary/aromatic N) is 1. The average molecular weight is 146 g/mol. The number of hydrogen-bond acceptors (Lipinski definition) is 4. The molecule has 0 fully saturated rings. The molecule has 0 bridgehead atoms. The molecular formula is C5H10N2O3. The van der Waals surface area contributed by atoms with Crippen molar-refractivity contribution in [2.45, 2.75) is 6.42 Å². The summed E-state index contributed by atoms with van der Waals surface area (Å²) in [4.78, 5) is 9.20. The van der Waals surface area contributed by atoms with Crippen LogP contribution in [0.15, 0.2) is 11.9 Å². The van der Waals surface area contributed by atoms with Crippen LogP contribution < -0.4 is 5.73 Å². The minimum absolute atomic E-state index is 0.229. The van der Waals surface area contributed by atoms with Crippen LogP contribution in [-0.2, 0) is 4.74 Å². The Kier molecular flexibility index (Phi) is 4.23. The van der Waals surface area contributed by atoms with Crippen LogP contribution in [0.2, 0.25) is 0 Å². The Labute approximate surface area is 58.6 Å². The minimum Gasteiger partial charge on any atom is -0.397 e. The zero-order chi connectivity index (χ0) is 7.98. The highest BCUT2D eigenvalue weighted by atomic mass is 16.6. The van der Waals surface area contributed by atoms with Crippen LogP contribution in [0, 0.1) is 10.1 Å². The monoisotopic (exact) mass is 146 g/mol. The van der Waals surface area contributed by atoms with E-state index < -0.39 is 4.92 Å². The zero-order valence-corrected chi connectivity index (χ0v) is 5.74. The van der Waals surface area contributed by atoms with Crippen molar-refractivity contribution in [3.63, 3.8) is 0 Å². The first kappa shape index (κ1) is 8.90. The normalized spacial score (nSPS) is 11.5. The first-order valence-corrected chi connectivity index (χ1v) is 2.75. The van der Waals surface area contributed by atoms with Gasteiger partial charge in [0.25, 0.3) is 6.20 Å². The molecule has 0 heterocycles. The highest BCUT2D eigenvalue weighted by Crippen LogP contribution is 1.91. The molecule has 0 radical (unpaired) electrons. The molecule has 0 unspecified atom stereocenters. The largest absolute Gasteiger partial charge is 0.397 e. The van der Waals surface area contributed by atoms with Crippen LogP contribution >= 0.6 is 0 Å². The zero-order valence-electron chi connectivity index (χ0n) is 5.74. The van der Waals surface area contributed by atoms with Crippen LogP contribution in [0.1, 0.15) is 6.42 Å². The molecule has 5 heteroatoms. The van der Waals surface area contributed by atoms with Gasteiger partial charge in [-0.1, -0.05) is 0 Å². The molecule has 2 N–H and O–H groups in total. The van der Waals surface area contributed by atoms with Crippen molar-refractivity contribution < 1.29 is 9.66 Å². The summed E-state index contributed by atoms with van der Waals surface area (Å²) in [6.07, 6.45) is 1.18. The minimum atomic E-state index is -0.578. The molecule has 10 heavy (non-hydrogen) atoms. The highest BCUT2D eigenvalue weighted by Gasteiger charge is 1.95. The molecule has 0 atom stereocenters. The van der Waals surface area contributed by atoms with Crippen molar-refractivity contribution in [3.05, 3.63) is 22.0 Å². The van der Waals surface area contributed by atoms with Gasteiger partial charge >= 0.3 is 0 Å². The third-order valence-corrected chi connectivity index (χ3v) is 0.866. The molecule has 5 nitrogen and oxygen atoms in total. The summed E-state index contributed by atoms with van der Waals surface area (Å²) in [6, 6.07) is 0. The van der Waals surface area contributed by atoms with Gasteiger partial charge in [0.15, 0.2) is 0 Å². The molecule has 0 saturated heterocycles. The van der Waals surface area contributed by atoms with Crippen molar-refractivity contribution in [3.8, 4) is 0 Å². The van der Waals surface area contributed by atoms with Crippen molar-refractivity contribution in [2.24, 2.45) is 5.73 Å². The fourth-order valence-corrected chi connectivity index (χ4v) is 0.420. The number of hydrogen-bond donors (Lipinski definition) is 1. The second-order valence-corrected chi connectivity index (χ2v) is 1.73. The van der Waals surface area contributed by atoms with Gasteiger partial charge in [0.1, 0.15) is 0 Å². The lowest BCUT2D eigenvalue weighted by Crippen LogP contribution is -2.03. The number of ether oxygens (including phenoxy) is 1. The van der Waals surface area contributed by atoms with E-state index in [9.17, 15) is 10.1 Å². The van der Waals surface area contributed by atoms with Gasteiger partial charge in [-0.25, -0.2) is 0 Å². The molecule has 58 valence electrons. The maximum absolute atomic E-state index is 9.78. The molecular weight excluding hydrogens is 136 g/mol. The maximum atomic E-state index is 9.78. The Morgan fingerprint density at radius 1 is 1.90 bits per heavy atom. The van der Waals surface area contributed by atoms with E-state index in [1.165, 1.54) is 7.11 Å². The molecule has 0 aliphatic carbocycles. The van der Waals surface area contributed by atoms with Crippen molar-refractivity contribution >= 4 is 0 Å². The van der Waals surface area contributed by atoms with Gasteiger partial charge in [-0.15, -0.1) is 0 Å². The molecule has 0 aliphatic rings. The summed E-state index contributed by atoms with van der Waals surface area (Å²) in [5.74, 6) is 0. The van der Waals surface area contributed by atoms with Crippen LogP contribution in [0.4, 0.5) is 0 Å². The Morgan fingerprint density at radius 2 is 2.50 bits per heavy atom. The lowest BCUT2D eigenvalue weighted by Gasteiger charge is -1.94. The standard InChI is InChI=1S/C5H10N2O3/c1-10-3-2-5(6)4-7(8)9/h4H,2-3,6H2,1H3/b5-4-. The van der Waals surface area contributed by atoms with Crippen LogP contribution in [0.3, 0.4) is 0 Å². The van der Waals surface area contributed by atoms with Gasteiger partial charge in [0.05, 0.1) is 17.2 Å². The Bertz CT molecular complexity index is 144. The van der Waals surface area contributed by atoms with E-state index in [-0.39, 0.29) is 5.70 Å². The fourth-order valence-electron chi connectivity index (χ4n) is 0.420.